The highest BCUT2D eigenvalue weighted by Gasteiger charge is 2.28. The van der Waals surface area contributed by atoms with Gasteiger partial charge in [-0.25, -0.2) is 14.7 Å². The number of carbonyl (C=O) groups is 1. The molecule has 1 fully saturated rings. The molecule has 0 unspecified atom stereocenters. The number of ether oxygens (including phenoxy) is 1. The lowest BCUT2D eigenvalue weighted by atomic mass is 10.2. The second-order valence-corrected chi connectivity index (χ2v) is 5.82. The number of hydrogen-bond donors (Lipinski definition) is 1. The Kier molecular flexibility index (Phi) is 3.62. The lowest BCUT2D eigenvalue weighted by Gasteiger charge is -2.01. The van der Waals surface area contributed by atoms with E-state index in [9.17, 15) is 9.59 Å². The second kappa shape index (κ2) is 5.44. The van der Waals surface area contributed by atoms with E-state index in [1.807, 2.05) is 0 Å². The molecule has 3 rings (SSSR count). The number of hydrogen-bond acceptors (Lipinski definition) is 6. The first-order valence-electron chi connectivity index (χ1n) is 6.57. The van der Waals surface area contributed by atoms with Gasteiger partial charge in [0.05, 0.1) is 12.9 Å². The van der Waals surface area contributed by atoms with Crippen LogP contribution in [0.15, 0.2) is 20.4 Å². The molecule has 0 bridgehead atoms. The summed E-state index contributed by atoms with van der Waals surface area (Å²) in [6, 6.07) is 1.93. The number of aryl methyl sites for hydroxylation is 1. The highest BCUT2D eigenvalue weighted by atomic mass is 32.2. The molecule has 0 saturated heterocycles. The van der Waals surface area contributed by atoms with Crippen LogP contribution in [0.1, 0.15) is 40.8 Å². The number of furan rings is 1. The van der Waals surface area contributed by atoms with Crippen molar-refractivity contribution in [2.24, 2.45) is 0 Å². The molecule has 8 heteroatoms. The van der Waals surface area contributed by atoms with Crippen molar-refractivity contribution in [2.45, 2.75) is 36.7 Å². The predicted molar refractivity (Wildman–Crippen MR) is 75.5 cm³/mol. The van der Waals surface area contributed by atoms with Gasteiger partial charge in [0.2, 0.25) is 0 Å². The number of nitrogens with one attached hydrogen (secondary N) is 1. The minimum atomic E-state index is -0.415. The summed E-state index contributed by atoms with van der Waals surface area (Å²) in [7, 11) is 1.33. The number of aromatic amines is 1. The Hall–Kier alpha value is -1.96. The van der Waals surface area contributed by atoms with Gasteiger partial charge in [-0.1, -0.05) is 11.8 Å². The van der Waals surface area contributed by atoms with Crippen molar-refractivity contribution in [3.63, 3.8) is 0 Å². The van der Waals surface area contributed by atoms with Gasteiger partial charge >= 0.3 is 11.7 Å². The van der Waals surface area contributed by atoms with Crippen molar-refractivity contribution in [2.75, 3.05) is 7.11 Å². The molecular formula is C13H15N3O4S. The maximum absolute atomic E-state index is 11.7. The van der Waals surface area contributed by atoms with Gasteiger partial charge in [-0.2, -0.15) is 0 Å². The molecular weight excluding hydrogens is 294 g/mol. The second-order valence-electron chi connectivity index (χ2n) is 4.88. The molecule has 1 aliphatic rings. The molecule has 0 radical (unpaired) electrons. The van der Waals surface area contributed by atoms with Crippen LogP contribution in [0.4, 0.5) is 0 Å². The normalized spacial score (nSPS) is 14.4. The molecule has 1 aliphatic carbocycles. The summed E-state index contributed by atoms with van der Waals surface area (Å²) >= 11 is 1.41. The average Bonchev–Trinajstić information content (AvgIpc) is 3.14. The van der Waals surface area contributed by atoms with E-state index in [1.54, 1.807) is 17.6 Å². The van der Waals surface area contributed by atoms with Crippen molar-refractivity contribution < 1.29 is 13.9 Å². The van der Waals surface area contributed by atoms with Crippen molar-refractivity contribution >= 4 is 17.7 Å². The molecule has 112 valence electrons. The van der Waals surface area contributed by atoms with E-state index < -0.39 is 5.97 Å². The molecule has 0 spiro atoms. The van der Waals surface area contributed by atoms with Crippen LogP contribution in [0.2, 0.25) is 0 Å². The SMILES string of the molecule is COC(=O)c1cc(CSc2n[nH]c(=O)n2C2CC2)oc1C. The molecule has 1 N–H and O–H groups in total. The predicted octanol–water partition coefficient (Wildman–Crippen LogP) is 1.89. The minimum Gasteiger partial charge on any atom is -0.465 e. The Labute approximate surface area is 124 Å². The molecule has 2 aromatic heterocycles. The van der Waals surface area contributed by atoms with Crippen molar-refractivity contribution in [3.8, 4) is 0 Å². The van der Waals surface area contributed by atoms with Gasteiger partial charge in [-0.15, -0.1) is 5.10 Å². The van der Waals surface area contributed by atoms with Crippen LogP contribution < -0.4 is 5.69 Å². The first kappa shape index (κ1) is 14.0. The summed E-state index contributed by atoms with van der Waals surface area (Å²) in [5.41, 5.74) is 0.251. The third-order valence-corrected chi connectivity index (χ3v) is 4.28. The number of esters is 1. The van der Waals surface area contributed by atoms with Gasteiger partial charge in [-0.3, -0.25) is 4.57 Å². The number of methoxy groups -OCH3 is 1. The number of thioether (sulfide) groups is 1. The fraction of sp³-hybridized carbons (Fsp3) is 0.462. The Morgan fingerprint density at radius 3 is 3.05 bits per heavy atom. The zero-order valence-corrected chi connectivity index (χ0v) is 12.5. The van der Waals surface area contributed by atoms with E-state index >= 15 is 0 Å². The van der Waals surface area contributed by atoms with Crippen LogP contribution in [0.25, 0.3) is 0 Å². The molecule has 7 nitrogen and oxygen atoms in total. The number of carbonyl (C=O) groups excluding carboxylic acids is 1. The Balaban J connectivity index is 1.73. The monoisotopic (exact) mass is 309 g/mol. The van der Waals surface area contributed by atoms with E-state index in [0.717, 1.165) is 12.8 Å². The summed E-state index contributed by atoms with van der Waals surface area (Å²) in [6.45, 7) is 1.72. The molecule has 2 aromatic rings. The van der Waals surface area contributed by atoms with Crippen LogP contribution in [0.5, 0.6) is 0 Å². The fourth-order valence-electron chi connectivity index (χ4n) is 2.11. The number of rotatable bonds is 5. The molecule has 0 atom stereocenters. The number of aromatic nitrogens is 3. The summed E-state index contributed by atoms with van der Waals surface area (Å²) in [5.74, 6) is 1.26. The third-order valence-electron chi connectivity index (χ3n) is 3.30. The largest absolute Gasteiger partial charge is 0.465 e. The van der Waals surface area contributed by atoms with Crippen LogP contribution in [0.3, 0.4) is 0 Å². The Morgan fingerprint density at radius 2 is 2.38 bits per heavy atom. The molecule has 0 aromatic carbocycles. The van der Waals surface area contributed by atoms with E-state index in [2.05, 4.69) is 14.9 Å². The molecule has 0 amide bonds. The fourth-order valence-corrected chi connectivity index (χ4v) is 3.00. The van der Waals surface area contributed by atoms with Crippen molar-refractivity contribution in [3.05, 3.63) is 33.6 Å². The summed E-state index contributed by atoms with van der Waals surface area (Å²) in [4.78, 5) is 23.2. The zero-order valence-electron chi connectivity index (χ0n) is 11.7. The van der Waals surface area contributed by atoms with Crippen LogP contribution in [-0.4, -0.2) is 27.8 Å². The van der Waals surface area contributed by atoms with Crippen LogP contribution in [0, 0.1) is 6.92 Å². The smallest absolute Gasteiger partial charge is 0.344 e. The van der Waals surface area contributed by atoms with E-state index in [0.29, 0.717) is 28.0 Å². The van der Waals surface area contributed by atoms with Gasteiger partial charge < -0.3 is 9.15 Å². The third kappa shape index (κ3) is 2.76. The lowest BCUT2D eigenvalue weighted by Crippen LogP contribution is -2.16. The van der Waals surface area contributed by atoms with Crippen LogP contribution >= 0.6 is 11.8 Å². The van der Waals surface area contributed by atoms with E-state index in [-0.39, 0.29) is 11.7 Å². The van der Waals surface area contributed by atoms with E-state index in [1.165, 1.54) is 18.9 Å². The van der Waals surface area contributed by atoms with E-state index in [4.69, 9.17) is 4.42 Å². The zero-order chi connectivity index (χ0) is 15.0. The number of nitrogens with zero attached hydrogens (tertiary/aromatic N) is 2. The van der Waals surface area contributed by atoms with Crippen molar-refractivity contribution in [1.82, 2.24) is 14.8 Å². The average molecular weight is 309 g/mol. The quantitative estimate of drug-likeness (QED) is 0.670. The summed E-state index contributed by atoms with van der Waals surface area (Å²) < 4.78 is 11.9. The van der Waals surface area contributed by atoms with Crippen molar-refractivity contribution in [1.29, 1.82) is 0 Å². The molecule has 0 aliphatic heterocycles. The number of H-pyrrole nitrogens is 1. The standard InChI is InChI=1S/C13H15N3O4S/c1-7-10(11(17)19-2)5-9(20-7)6-21-13-15-14-12(18)16(13)8-3-4-8/h5,8H,3-4,6H2,1-2H3,(H,14,18). The van der Waals surface area contributed by atoms with Crippen LogP contribution in [-0.2, 0) is 10.5 Å². The van der Waals surface area contributed by atoms with Gasteiger partial charge in [0.15, 0.2) is 5.16 Å². The Morgan fingerprint density at radius 1 is 1.62 bits per heavy atom. The highest BCUT2D eigenvalue weighted by Crippen LogP contribution is 2.36. The lowest BCUT2D eigenvalue weighted by molar-refractivity contribution is 0.0599. The molecule has 2 heterocycles. The van der Waals surface area contributed by atoms with Gasteiger partial charge in [0.25, 0.3) is 0 Å². The highest BCUT2D eigenvalue weighted by molar-refractivity contribution is 7.98. The minimum absolute atomic E-state index is 0.175. The topological polar surface area (TPSA) is 90.1 Å². The summed E-state index contributed by atoms with van der Waals surface area (Å²) in [6.07, 6.45) is 2.03. The molecule has 1 saturated carbocycles. The van der Waals surface area contributed by atoms with Gasteiger partial charge in [-0.05, 0) is 25.8 Å². The molecule has 21 heavy (non-hydrogen) atoms. The summed E-state index contributed by atoms with van der Waals surface area (Å²) in [5, 5.41) is 7.15. The maximum atomic E-state index is 11.7. The first-order valence-corrected chi connectivity index (χ1v) is 7.56. The first-order chi connectivity index (χ1) is 10.1. The Bertz CT molecular complexity index is 726. The van der Waals surface area contributed by atoms with Gasteiger partial charge in [0.1, 0.15) is 17.1 Å². The van der Waals surface area contributed by atoms with Gasteiger partial charge in [0, 0.05) is 6.04 Å². The maximum Gasteiger partial charge on any atom is 0.344 e.